The number of benzene rings is 1. The molecule has 0 fully saturated rings. The Labute approximate surface area is 353 Å². The molecule has 0 aliphatic heterocycles. The standard InChI is InChI=1S/C44H76N6O9/c1-27(2)24-32(38(52)45-23-19-15-16-22-35(57-13)58-14)48-42(56)37(43(7,8)9)50-39(53)33(25-31-21-18-17-20-29(31)5)47-41(55)36(28(3)4)49-40(54)34(46-30(6)51)26-59-44(10,11)12/h17-18,20-21,27-28,32-37H,15-16,19,22-26H2,1-14H3,(H,45,52)(H,46,51)(H,47,55)(H,48,56)(H,49,54)(H,50,53)/t32-,33-,34-,36+,37+/m0/s1. The molecule has 0 saturated carbocycles. The molecule has 1 rings (SSSR count). The minimum absolute atomic E-state index is 0.0800. The van der Waals surface area contributed by atoms with Crippen molar-refractivity contribution in [2.45, 2.75) is 164 Å². The molecule has 336 valence electrons. The molecule has 0 radical (unpaired) electrons. The fourth-order valence-electron chi connectivity index (χ4n) is 6.24. The van der Waals surface area contributed by atoms with Gasteiger partial charge in [-0.3, -0.25) is 28.8 Å². The molecule has 15 heteroatoms. The second kappa shape index (κ2) is 25.5. The maximum atomic E-state index is 14.3. The van der Waals surface area contributed by atoms with Gasteiger partial charge in [-0.1, -0.05) is 79.2 Å². The molecule has 0 aromatic heterocycles. The Morgan fingerprint density at radius 3 is 1.80 bits per heavy atom. The lowest BCUT2D eigenvalue weighted by Crippen LogP contribution is -2.62. The number of methoxy groups -OCH3 is 2. The van der Waals surface area contributed by atoms with E-state index in [0.717, 1.165) is 36.8 Å². The van der Waals surface area contributed by atoms with Gasteiger partial charge in [0.05, 0.1) is 12.2 Å². The number of hydrogen-bond acceptors (Lipinski definition) is 9. The van der Waals surface area contributed by atoms with Crippen LogP contribution in [0, 0.1) is 24.2 Å². The van der Waals surface area contributed by atoms with Crippen molar-refractivity contribution in [2.75, 3.05) is 27.4 Å². The summed E-state index contributed by atoms with van der Waals surface area (Å²) < 4.78 is 16.3. The van der Waals surface area contributed by atoms with E-state index >= 15 is 0 Å². The Balaban J connectivity index is 3.32. The van der Waals surface area contributed by atoms with Gasteiger partial charge in [0, 0.05) is 34.1 Å². The van der Waals surface area contributed by atoms with E-state index in [4.69, 9.17) is 14.2 Å². The zero-order valence-corrected chi connectivity index (χ0v) is 38.3. The number of ether oxygens (including phenoxy) is 3. The Bertz CT molecular complexity index is 1500. The van der Waals surface area contributed by atoms with E-state index < -0.39 is 76.7 Å². The van der Waals surface area contributed by atoms with Crippen LogP contribution in [-0.4, -0.2) is 105 Å². The summed E-state index contributed by atoms with van der Waals surface area (Å²) in [5.74, 6) is -3.49. The quantitative estimate of drug-likeness (QED) is 0.0626. The highest BCUT2D eigenvalue weighted by Gasteiger charge is 2.38. The molecule has 0 aliphatic rings. The zero-order valence-electron chi connectivity index (χ0n) is 38.3. The van der Waals surface area contributed by atoms with Crippen LogP contribution in [0.15, 0.2) is 24.3 Å². The second-order valence-corrected chi connectivity index (χ2v) is 18.1. The molecule has 15 nitrogen and oxygen atoms in total. The molecule has 0 bridgehead atoms. The highest BCUT2D eigenvalue weighted by molar-refractivity contribution is 5.96. The summed E-state index contributed by atoms with van der Waals surface area (Å²) in [5, 5.41) is 17.0. The number of aryl methyl sites for hydroxylation is 1. The van der Waals surface area contributed by atoms with Crippen LogP contribution in [-0.2, 0) is 49.4 Å². The van der Waals surface area contributed by atoms with Gasteiger partial charge in [0.25, 0.3) is 0 Å². The van der Waals surface area contributed by atoms with E-state index in [1.165, 1.54) is 6.92 Å². The molecule has 1 aromatic rings. The van der Waals surface area contributed by atoms with Crippen molar-refractivity contribution in [3.05, 3.63) is 35.4 Å². The second-order valence-electron chi connectivity index (χ2n) is 18.1. The number of rotatable bonds is 25. The van der Waals surface area contributed by atoms with Crippen LogP contribution in [0.3, 0.4) is 0 Å². The van der Waals surface area contributed by atoms with E-state index in [1.807, 2.05) is 65.8 Å². The molecule has 1 aromatic carbocycles. The van der Waals surface area contributed by atoms with Crippen LogP contribution in [0.2, 0.25) is 0 Å². The topological polar surface area (TPSA) is 202 Å². The first-order valence-electron chi connectivity index (χ1n) is 20.9. The van der Waals surface area contributed by atoms with Crippen LogP contribution >= 0.6 is 0 Å². The van der Waals surface area contributed by atoms with Crippen LogP contribution < -0.4 is 31.9 Å². The third-order valence-corrected chi connectivity index (χ3v) is 9.64. The van der Waals surface area contributed by atoms with E-state index in [9.17, 15) is 28.8 Å². The largest absolute Gasteiger partial charge is 0.373 e. The summed E-state index contributed by atoms with van der Waals surface area (Å²) in [7, 11) is 3.20. The molecular weight excluding hydrogens is 757 g/mol. The molecule has 0 spiro atoms. The van der Waals surface area contributed by atoms with E-state index in [1.54, 1.807) is 48.8 Å². The molecule has 0 heterocycles. The lowest BCUT2D eigenvalue weighted by molar-refractivity contribution is -0.137. The Kier molecular flexibility index (Phi) is 22.9. The third-order valence-electron chi connectivity index (χ3n) is 9.64. The highest BCUT2D eigenvalue weighted by Crippen LogP contribution is 2.21. The molecule has 0 unspecified atom stereocenters. The number of nitrogens with one attached hydrogen (secondary N) is 6. The van der Waals surface area contributed by atoms with Crippen molar-refractivity contribution in [3.63, 3.8) is 0 Å². The van der Waals surface area contributed by atoms with Crippen molar-refractivity contribution >= 4 is 35.4 Å². The fraction of sp³-hybridized carbons (Fsp3) is 0.727. The lowest BCUT2D eigenvalue weighted by atomic mass is 9.85. The first kappa shape index (κ1) is 52.9. The van der Waals surface area contributed by atoms with Gasteiger partial charge in [0.1, 0.15) is 30.2 Å². The minimum Gasteiger partial charge on any atom is -0.373 e. The average molecular weight is 833 g/mol. The minimum atomic E-state index is -1.16. The number of unbranched alkanes of at least 4 members (excludes halogenated alkanes) is 2. The third kappa shape index (κ3) is 20.6. The smallest absolute Gasteiger partial charge is 0.245 e. The molecule has 6 N–H and O–H groups in total. The Morgan fingerprint density at radius 2 is 1.27 bits per heavy atom. The van der Waals surface area contributed by atoms with E-state index in [-0.39, 0.29) is 31.1 Å². The average Bonchev–Trinajstić information content (AvgIpc) is 3.12. The van der Waals surface area contributed by atoms with Crippen LogP contribution in [0.1, 0.15) is 119 Å². The first-order valence-corrected chi connectivity index (χ1v) is 20.9. The van der Waals surface area contributed by atoms with Crippen molar-refractivity contribution in [1.29, 1.82) is 0 Å². The normalized spacial score (nSPS) is 14.5. The van der Waals surface area contributed by atoms with Crippen LogP contribution in [0.5, 0.6) is 0 Å². The summed E-state index contributed by atoms with van der Waals surface area (Å²) in [6.45, 7) is 21.8. The number of amides is 6. The SMILES string of the molecule is COC(CCCCCNC(=O)[C@H](CC(C)C)NC(=O)[C@@H](NC(=O)[C@H](Cc1ccccc1C)NC(=O)[C@H](NC(=O)[C@H](COC(C)(C)C)NC(C)=O)C(C)C)C(C)(C)C)OC. The Hall–Kier alpha value is -4.08. The van der Waals surface area contributed by atoms with Crippen molar-refractivity contribution in [3.8, 4) is 0 Å². The van der Waals surface area contributed by atoms with Crippen LogP contribution in [0.25, 0.3) is 0 Å². The molecule has 0 saturated heterocycles. The predicted octanol–water partition coefficient (Wildman–Crippen LogP) is 3.84. The number of carbonyl (C=O) groups excluding carboxylic acids is 6. The van der Waals surface area contributed by atoms with E-state index in [2.05, 4.69) is 31.9 Å². The first-order chi connectivity index (χ1) is 27.4. The summed E-state index contributed by atoms with van der Waals surface area (Å²) >= 11 is 0. The van der Waals surface area contributed by atoms with Gasteiger partial charge < -0.3 is 46.1 Å². The molecule has 0 aliphatic carbocycles. The Morgan fingerprint density at radius 1 is 0.678 bits per heavy atom. The van der Waals surface area contributed by atoms with Gasteiger partial charge in [0.15, 0.2) is 6.29 Å². The predicted molar refractivity (Wildman–Crippen MR) is 229 cm³/mol. The molecular formula is C44H76N6O9. The van der Waals surface area contributed by atoms with Gasteiger partial charge in [-0.2, -0.15) is 0 Å². The number of carbonyl (C=O) groups is 6. The number of hydrogen-bond donors (Lipinski definition) is 6. The molecule has 5 atom stereocenters. The van der Waals surface area contributed by atoms with E-state index in [0.29, 0.717) is 13.0 Å². The summed E-state index contributed by atoms with van der Waals surface area (Å²) in [4.78, 5) is 81.4. The lowest BCUT2D eigenvalue weighted by Gasteiger charge is -2.34. The summed E-state index contributed by atoms with van der Waals surface area (Å²) in [6.07, 6.45) is 3.41. The maximum Gasteiger partial charge on any atom is 0.245 e. The molecule has 59 heavy (non-hydrogen) atoms. The van der Waals surface area contributed by atoms with Crippen LogP contribution in [0.4, 0.5) is 0 Å². The van der Waals surface area contributed by atoms with Crippen molar-refractivity contribution in [1.82, 2.24) is 31.9 Å². The van der Waals surface area contributed by atoms with Gasteiger partial charge in [-0.05, 0) is 81.8 Å². The van der Waals surface area contributed by atoms with Crippen molar-refractivity contribution < 1.29 is 43.0 Å². The highest BCUT2D eigenvalue weighted by atomic mass is 16.7. The van der Waals surface area contributed by atoms with Crippen molar-refractivity contribution in [2.24, 2.45) is 17.3 Å². The summed E-state index contributed by atoms with van der Waals surface area (Å²) in [5.41, 5.74) is 0.295. The fourth-order valence-corrected chi connectivity index (χ4v) is 6.24. The monoisotopic (exact) mass is 833 g/mol. The molecule has 6 amide bonds. The van der Waals surface area contributed by atoms with Gasteiger partial charge in [0.2, 0.25) is 35.4 Å². The maximum absolute atomic E-state index is 14.3. The van der Waals surface area contributed by atoms with Gasteiger partial charge in [-0.25, -0.2) is 0 Å². The van der Waals surface area contributed by atoms with Gasteiger partial charge >= 0.3 is 0 Å². The van der Waals surface area contributed by atoms with Gasteiger partial charge in [-0.15, -0.1) is 0 Å². The zero-order chi connectivity index (χ0) is 45.1. The summed E-state index contributed by atoms with van der Waals surface area (Å²) in [6, 6.07) is 2.20.